The van der Waals surface area contributed by atoms with Crippen molar-refractivity contribution in [3.8, 4) is 5.75 Å². The van der Waals surface area contributed by atoms with Crippen LogP contribution in [0.3, 0.4) is 0 Å². The molecule has 5 nitrogen and oxygen atoms in total. The zero-order valence-corrected chi connectivity index (χ0v) is 12.0. The zero-order chi connectivity index (χ0) is 14.2. The van der Waals surface area contributed by atoms with Crippen molar-refractivity contribution in [3.05, 3.63) is 41.2 Å². The molecule has 1 aromatic carbocycles. The number of aromatic amines is 1. The predicted octanol–water partition coefficient (Wildman–Crippen LogP) is 3.32. The van der Waals surface area contributed by atoms with Crippen LogP contribution >= 0.6 is 0 Å². The fraction of sp³-hybridized carbons (Fsp3) is 0.375. The number of ether oxygens (including phenoxy) is 1. The number of aromatic nitrogens is 3. The summed E-state index contributed by atoms with van der Waals surface area (Å²) in [6, 6.07) is 6.18. The van der Waals surface area contributed by atoms with Gasteiger partial charge in [0.2, 0.25) is 5.89 Å². The zero-order valence-electron chi connectivity index (χ0n) is 12.0. The molecule has 4 rings (SSSR count). The first-order valence-corrected chi connectivity index (χ1v) is 7.35. The molecule has 0 saturated carbocycles. The third-order valence-corrected chi connectivity index (χ3v) is 4.00. The largest absolute Gasteiger partial charge is 0.484 e. The first-order valence-electron chi connectivity index (χ1n) is 7.35. The van der Waals surface area contributed by atoms with Gasteiger partial charge in [-0.1, -0.05) is 0 Å². The molecule has 1 N–H and O–H groups in total. The van der Waals surface area contributed by atoms with Crippen LogP contribution < -0.4 is 4.74 Å². The highest BCUT2D eigenvalue weighted by Gasteiger charge is 2.15. The maximum atomic E-state index is 5.76. The number of hydrogen-bond donors (Lipinski definition) is 1. The highest BCUT2D eigenvalue weighted by atomic mass is 16.5. The van der Waals surface area contributed by atoms with Crippen molar-refractivity contribution in [2.45, 2.75) is 39.2 Å². The van der Waals surface area contributed by atoms with E-state index in [4.69, 9.17) is 9.15 Å². The molecule has 1 aliphatic rings. The fourth-order valence-electron chi connectivity index (χ4n) is 3.02. The lowest BCUT2D eigenvalue weighted by atomic mass is 9.96. The van der Waals surface area contributed by atoms with E-state index in [-0.39, 0.29) is 0 Å². The van der Waals surface area contributed by atoms with E-state index in [1.807, 2.05) is 6.07 Å². The summed E-state index contributed by atoms with van der Waals surface area (Å²) in [7, 11) is 0. The van der Waals surface area contributed by atoms with E-state index < -0.39 is 0 Å². The van der Waals surface area contributed by atoms with Gasteiger partial charge in [-0.3, -0.25) is 0 Å². The maximum Gasteiger partial charge on any atom is 0.253 e. The van der Waals surface area contributed by atoms with Gasteiger partial charge in [0.05, 0.1) is 0 Å². The highest BCUT2D eigenvalue weighted by molar-refractivity contribution is 5.86. The number of H-pyrrole nitrogens is 1. The number of nitrogens with zero attached hydrogens (tertiary/aromatic N) is 2. The monoisotopic (exact) mass is 283 g/mol. The Hall–Kier alpha value is -2.30. The molecule has 0 bridgehead atoms. The number of fused-ring (bicyclic) bond motifs is 3. The number of benzene rings is 1. The van der Waals surface area contributed by atoms with E-state index in [0.717, 1.165) is 18.6 Å². The molecule has 0 atom stereocenters. The molecule has 0 spiro atoms. The van der Waals surface area contributed by atoms with Crippen LogP contribution in [0.1, 0.15) is 35.9 Å². The summed E-state index contributed by atoms with van der Waals surface area (Å²) in [4.78, 5) is 3.52. The summed E-state index contributed by atoms with van der Waals surface area (Å²) in [5.74, 6) is 1.90. The van der Waals surface area contributed by atoms with Crippen molar-refractivity contribution in [1.29, 1.82) is 0 Å². The van der Waals surface area contributed by atoms with Gasteiger partial charge in [-0.05, 0) is 49.4 Å². The van der Waals surface area contributed by atoms with Crippen LogP contribution in [-0.4, -0.2) is 15.2 Å². The van der Waals surface area contributed by atoms with E-state index >= 15 is 0 Å². The van der Waals surface area contributed by atoms with Gasteiger partial charge in [0.15, 0.2) is 6.61 Å². The van der Waals surface area contributed by atoms with Gasteiger partial charge in [0.1, 0.15) is 5.75 Å². The second-order valence-corrected chi connectivity index (χ2v) is 5.50. The summed E-state index contributed by atoms with van der Waals surface area (Å²) in [5, 5.41) is 9.01. The Morgan fingerprint density at radius 2 is 2.14 bits per heavy atom. The van der Waals surface area contributed by atoms with Crippen LogP contribution in [0.2, 0.25) is 0 Å². The number of nitrogens with one attached hydrogen (secondary N) is 1. The normalized spacial score (nSPS) is 14.3. The van der Waals surface area contributed by atoms with Crippen molar-refractivity contribution < 1.29 is 9.15 Å². The minimum atomic E-state index is 0.305. The maximum absolute atomic E-state index is 5.76. The first kappa shape index (κ1) is 12.4. The van der Waals surface area contributed by atoms with E-state index in [2.05, 4.69) is 27.3 Å². The molecule has 3 aromatic rings. The summed E-state index contributed by atoms with van der Waals surface area (Å²) < 4.78 is 11.1. The third kappa shape index (κ3) is 2.28. The number of rotatable bonds is 3. The second kappa shape index (κ2) is 4.91. The number of aryl methyl sites for hydroxylation is 3. The first-order chi connectivity index (χ1) is 10.3. The second-order valence-electron chi connectivity index (χ2n) is 5.50. The Bertz CT molecular complexity index is 788. The molecular weight excluding hydrogens is 266 g/mol. The molecule has 0 saturated heterocycles. The standard InChI is InChI=1S/C16H17N3O2/c1-10-18-19-16(21-10)9-20-11-6-7-15-13(8-11)12-4-2-3-5-14(12)17-15/h6-8,17H,2-5,9H2,1H3. The highest BCUT2D eigenvalue weighted by Crippen LogP contribution is 2.31. The van der Waals surface area contributed by atoms with E-state index in [9.17, 15) is 0 Å². The average Bonchev–Trinajstić information content (AvgIpc) is 3.08. The van der Waals surface area contributed by atoms with Crippen molar-refractivity contribution in [3.63, 3.8) is 0 Å². The molecule has 0 unspecified atom stereocenters. The lowest BCUT2D eigenvalue weighted by molar-refractivity contribution is 0.260. The molecule has 108 valence electrons. The van der Waals surface area contributed by atoms with Gasteiger partial charge < -0.3 is 14.1 Å². The van der Waals surface area contributed by atoms with Crippen molar-refractivity contribution >= 4 is 10.9 Å². The van der Waals surface area contributed by atoms with Gasteiger partial charge in [-0.15, -0.1) is 10.2 Å². The number of hydrogen-bond acceptors (Lipinski definition) is 4. The van der Waals surface area contributed by atoms with E-state index in [1.165, 1.54) is 35.0 Å². The summed E-state index contributed by atoms with van der Waals surface area (Å²) >= 11 is 0. The van der Waals surface area contributed by atoms with Gasteiger partial charge in [-0.25, -0.2) is 0 Å². The van der Waals surface area contributed by atoms with Crippen molar-refractivity contribution in [2.75, 3.05) is 0 Å². The Labute approximate surface area is 122 Å². The summed E-state index contributed by atoms with van der Waals surface area (Å²) in [6.07, 6.45) is 4.86. The minimum absolute atomic E-state index is 0.305. The molecule has 0 aliphatic heterocycles. The molecule has 5 heteroatoms. The van der Waals surface area contributed by atoms with Crippen LogP contribution in [0.25, 0.3) is 10.9 Å². The molecule has 1 aliphatic carbocycles. The smallest absolute Gasteiger partial charge is 0.253 e. The minimum Gasteiger partial charge on any atom is -0.484 e. The molecule has 0 radical (unpaired) electrons. The van der Waals surface area contributed by atoms with Crippen LogP contribution in [0.4, 0.5) is 0 Å². The van der Waals surface area contributed by atoms with E-state index in [1.54, 1.807) is 6.92 Å². The Morgan fingerprint density at radius 3 is 3.00 bits per heavy atom. The molecule has 2 aromatic heterocycles. The quantitative estimate of drug-likeness (QED) is 0.801. The summed E-state index contributed by atoms with van der Waals surface area (Å²) in [5.41, 5.74) is 4.04. The fourth-order valence-corrected chi connectivity index (χ4v) is 3.02. The van der Waals surface area contributed by atoms with Crippen molar-refractivity contribution in [2.24, 2.45) is 0 Å². The predicted molar refractivity (Wildman–Crippen MR) is 78.3 cm³/mol. The van der Waals surface area contributed by atoms with Gasteiger partial charge in [0, 0.05) is 23.5 Å². The topological polar surface area (TPSA) is 63.9 Å². The Kier molecular flexibility index (Phi) is 2.91. The average molecular weight is 283 g/mol. The molecule has 0 fully saturated rings. The summed E-state index contributed by atoms with van der Waals surface area (Å²) in [6.45, 7) is 2.08. The SMILES string of the molecule is Cc1nnc(COc2ccc3[nH]c4c(c3c2)CCCC4)o1. The molecular formula is C16H17N3O2. The van der Waals surface area contributed by atoms with Gasteiger partial charge >= 0.3 is 0 Å². The Balaban J connectivity index is 1.61. The van der Waals surface area contributed by atoms with Gasteiger partial charge in [-0.2, -0.15) is 0 Å². The molecule has 21 heavy (non-hydrogen) atoms. The van der Waals surface area contributed by atoms with Crippen LogP contribution in [0.15, 0.2) is 22.6 Å². The van der Waals surface area contributed by atoms with Crippen LogP contribution in [0.5, 0.6) is 5.75 Å². The van der Waals surface area contributed by atoms with Gasteiger partial charge in [0.25, 0.3) is 5.89 Å². The lowest BCUT2D eigenvalue weighted by Gasteiger charge is -2.10. The van der Waals surface area contributed by atoms with Crippen LogP contribution in [-0.2, 0) is 19.4 Å². The third-order valence-electron chi connectivity index (χ3n) is 4.00. The Morgan fingerprint density at radius 1 is 1.24 bits per heavy atom. The lowest BCUT2D eigenvalue weighted by Crippen LogP contribution is -2.00. The molecule has 2 heterocycles. The van der Waals surface area contributed by atoms with Crippen molar-refractivity contribution in [1.82, 2.24) is 15.2 Å². The van der Waals surface area contributed by atoms with E-state index in [0.29, 0.717) is 18.4 Å². The molecule has 0 amide bonds. The van der Waals surface area contributed by atoms with Crippen LogP contribution in [0, 0.1) is 6.92 Å².